The van der Waals surface area contributed by atoms with E-state index in [9.17, 15) is 9.59 Å². The molecule has 0 N–H and O–H groups in total. The Morgan fingerprint density at radius 2 is 1.80 bits per heavy atom. The van der Waals surface area contributed by atoms with Crippen LogP contribution in [0.1, 0.15) is 77.1 Å². The Balaban J connectivity index is 2.33. The molecule has 5 heteroatoms. The van der Waals surface area contributed by atoms with Crippen molar-refractivity contribution in [1.29, 1.82) is 0 Å². The number of carbonyl (C=O) groups is 2. The quantitative estimate of drug-likeness (QED) is 0.697. The smallest absolute Gasteiger partial charge is 0.257 e. The third-order valence-corrected chi connectivity index (χ3v) is 5.47. The van der Waals surface area contributed by atoms with Crippen LogP contribution in [-0.2, 0) is 4.79 Å². The highest BCUT2D eigenvalue weighted by Crippen LogP contribution is 2.25. The minimum absolute atomic E-state index is 0.00138. The van der Waals surface area contributed by atoms with Gasteiger partial charge in [0.05, 0.1) is 11.6 Å². The molecule has 0 aliphatic carbocycles. The Morgan fingerprint density at radius 3 is 2.47 bits per heavy atom. The number of nitrogens with zero attached hydrogens (tertiary/aromatic N) is 2. The largest absolute Gasteiger partial charge is 0.491 e. The summed E-state index contributed by atoms with van der Waals surface area (Å²) in [6.45, 7) is 12.5. The van der Waals surface area contributed by atoms with Gasteiger partial charge in [-0.15, -0.1) is 0 Å². The first kappa shape index (κ1) is 24.2. The SMILES string of the molecule is CC(C)C[C@H]1COc2ccccc2C(=O)N(C)CCCCCN1C(=O)CC(C)(C)C. The summed E-state index contributed by atoms with van der Waals surface area (Å²) >= 11 is 0. The van der Waals surface area contributed by atoms with Gasteiger partial charge in [-0.05, 0) is 49.1 Å². The number of amides is 2. The molecule has 168 valence electrons. The second-order valence-electron chi connectivity index (χ2n) is 10.2. The van der Waals surface area contributed by atoms with Gasteiger partial charge in [0.25, 0.3) is 5.91 Å². The van der Waals surface area contributed by atoms with Crippen LogP contribution in [0, 0.1) is 11.3 Å². The molecule has 0 radical (unpaired) electrons. The lowest BCUT2D eigenvalue weighted by atomic mass is 9.91. The van der Waals surface area contributed by atoms with Gasteiger partial charge in [0.15, 0.2) is 0 Å². The molecule has 2 rings (SSSR count). The number of ether oxygens (including phenoxy) is 1. The van der Waals surface area contributed by atoms with Gasteiger partial charge in [0.2, 0.25) is 5.91 Å². The van der Waals surface area contributed by atoms with Crippen molar-refractivity contribution >= 4 is 11.8 Å². The zero-order chi connectivity index (χ0) is 22.3. The molecule has 2 amide bonds. The number of benzene rings is 1. The summed E-state index contributed by atoms with van der Waals surface area (Å²) in [7, 11) is 1.85. The highest BCUT2D eigenvalue weighted by molar-refractivity contribution is 5.96. The molecule has 1 aromatic carbocycles. The minimum atomic E-state index is -0.0524. The van der Waals surface area contributed by atoms with E-state index in [1.165, 1.54) is 0 Å². The number of hydrogen-bond acceptors (Lipinski definition) is 3. The van der Waals surface area contributed by atoms with Gasteiger partial charge >= 0.3 is 0 Å². The van der Waals surface area contributed by atoms with Crippen LogP contribution in [0.25, 0.3) is 0 Å². The van der Waals surface area contributed by atoms with Crippen molar-refractivity contribution in [1.82, 2.24) is 9.80 Å². The number of hydrogen-bond donors (Lipinski definition) is 0. The molecule has 0 aromatic heterocycles. The Kier molecular flexibility index (Phi) is 8.75. The fourth-order valence-corrected chi connectivity index (χ4v) is 3.97. The van der Waals surface area contributed by atoms with Crippen molar-refractivity contribution in [2.45, 2.75) is 72.8 Å². The zero-order valence-corrected chi connectivity index (χ0v) is 19.7. The van der Waals surface area contributed by atoms with Gasteiger partial charge in [-0.1, -0.05) is 46.8 Å². The molecule has 0 fully saturated rings. The average Bonchev–Trinajstić information content (AvgIpc) is 2.66. The van der Waals surface area contributed by atoms with E-state index in [1.54, 1.807) is 4.90 Å². The maximum absolute atomic E-state index is 13.2. The summed E-state index contributed by atoms with van der Waals surface area (Å²) < 4.78 is 6.20. The zero-order valence-electron chi connectivity index (χ0n) is 19.7. The molecule has 1 heterocycles. The van der Waals surface area contributed by atoms with E-state index in [0.29, 0.717) is 36.8 Å². The summed E-state index contributed by atoms with van der Waals surface area (Å²) in [4.78, 5) is 30.0. The molecule has 30 heavy (non-hydrogen) atoms. The van der Waals surface area contributed by atoms with Crippen LogP contribution in [0.3, 0.4) is 0 Å². The molecule has 0 bridgehead atoms. The number of carbonyl (C=O) groups excluding carboxylic acids is 2. The van der Waals surface area contributed by atoms with Gasteiger partial charge in [-0.25, -0.2) is 0 Å². The van der Waals surface area contributed by atoms with Crippen molar-refractivity contribution in [3.8, 4) is 5.75 Å². The Labute approximate surface area is 182 Å². The van der Waals surface area contributed by atoms with E-state index >= 15 is 0 Å². The second kappa shape index (κ2) is 10.8. The summed E-state index contributed by atoms with van der Waals surface area (Å²) in [5.74, 6) is 1.24. The third-order valence-electron chi connectivity index (χ3n) is 5.47. The van der Waals surface area contributed by atoms with Gasteiger partial charge in [0.1, 0.15) is 12.4 Å². The fourth-order valence-electron chi connectivity index (χ4n) is 3.97. The second-order valence-corrected chi connectivity index (χ2v) is 10.2. The van der Waals surface area contributed by atoms with Gasteiger partial charge in [0, 0.05) is 26.6 Å². The van der Waals surface area contributed by atoms with Crippen LogP contribution in [0.4, 0.5) is 0 Å². The lowest BCUT2D eigenvalue weighted by molar-refractivity contribution is -0.136. The normalized spacial score (nSPS) is 19.4. The molecule has 1 aromatic rings. The van der Waals surface area contributed by atoms with Crippen LogP contribution < -0.4 is 4.74 Å². The van der Waals surface area contributed by atoms with Crippen LogP contribution in [0.15, 0.2) is 24.3 Å². The fraction of sp³-hybridized carbons (Fsp3) is 0.680. The van der Waals surface area contributed by atoms with Gasteiger partial charge < -0.3 is 14.5 Å². The molecule has 1 aliphatic rings. The molecular formula is C25H40N2O3. The molecule has 0 saturated heterocycles. The monoisotopic (exact) mass is 416 g/mol. The van der Waals surface area contributed by atoms with E-state index in [2.05, 4.69) is 39.5 Å². The van der Waals surface area contributed by atoms with E-state index < -0.39 is 0 Å². The maximum Gasteiger partial charge on any atom is 0.257 e. The van der Waals surface area contributed by atoms with Crippen LogP contribution in [0.2, 0.25) is 0 Å². The maximum atomic E-state index is 13.2. The van der Waals surface area contributed by atoms with E-state index in [4.69, 9.17) is 4.74 Å². The highest BCUT2D eigenvalue weighted by Gasteiger charge is 2.29. The molecule has 0 unspecified atom stereocenters. The molecular weight excluding hydrogens is 376 g/mol. The summed E-state index contributed by atoms with van der Waals surface area (Å²) in [5, 5.41) is 0. The summed E-state index contributed by atoms with van der Waals surface area (Å²) in [6, 6.07) is 7.45. The minimum Gasteiger partial charge on any atom is -0.491 e. The first-order chi connectivity index (χ1) is 14.1. The van der Waals surface area contributed by atoms with Crippen LogP contribution >= 0.6 is 0 Å². The van der Waals surface area contributed by atoms with Gasteiger partial charge in [-0.3, -0.25) is 9.59 Å². The number of rotatable bonds is 3. The van der Waals surface area contributed by atoms with Crippen molar-refractivity contribution < 1.29 is 14.3 Å². The van der Waals surface area contributed by atoms with Crippen molar-refractivity contribution in [2.75, 3.05) is 26.7 Å². The highest BCUT2D eigenvalue weighted by atomic mass is 16.5. The van der Waals surface area contributed by atoms with Crippen molar-refractivity contribution in [3.63, 3.8) is 0 Å². The standard InChI is InChI=1S/C25H40N2O3/c1-19(2)16-20-18-30-22-13-9-8-12-21(22)24(29)26(6)14-10-7-11-15-27(20)23(28)17-25(3,4)5/h8-9,12-13,19-20H,7,10-11,14-18H2,1-6H3/t20-/m0/s1. The van der Waals surface area contributed by atoms with Crippen molar-refractivity contribution in [3.05, 3.63) is 29.8 Å². The molecule has 1 aliphatic heterocycles. The third kappa shape index (κ3) is 7.33. The molecule has 0 saturated carbocycles. The molecule has 1 atom stereocenters. The summed E-state index contributed by atoms with van der Waals surface area (Å²) in [5.41, 5.74) is 0.540. The lowest BCUT2D eigenvalue weighted by Crippen LogP contribution is -2.46. The number of para-hydroxylation sites is 1. The van der Waals surface area contributed by atoms with Crippen LogP contribution in [-0.4, -0.2) is 54.4 Å². The van der Waals surface area contributed by atoms with Gasteiger partial charge in [-0.2, -0.15) is 0 Å². The Hall–Kier alpha value is -2.04. The summed E-state index contributed by atoms with van der Waals surface area (Å²) in [6.07, 6.45) is 4.28. The topological polar surface area (TPSA) is 49.9 Å². The van der Waals surface area contributed by atoms with E-state index in [-0.39, 0.29) is 23.3 Å². The average molecular weight is 417 g/mol. The van der Waals surface area contributed by atoms with Crippen LogP contribution in [0.5, 0.6) is 5.75 Å². The predicted octanol–water partition coefficient (Wildman–Crippen LogP) is 5.00. The first-order valence-corrected chi connectivity index (χ1v) is 11.4. The first-order valence-electron chi connectivity index (χ1n) is 11.4. The van der Waals surface area contributed by atoms with E-state index in [0.717, 1.165) is 32.2 Å². The van der Waals surface area contributed by atoms with E-state index in [1.807, 2.05) is 31.3 Å². The molecule has 5 nitrogen and oxygen atoms in total. The molecule has 0 spiro atoms. The Morgan fingerprint density at radius 1 is 1.13 bits per heavy atom. The Bertz CT molecular complexity index is 709. The lowest BCUT2D eigenvalue weighted by Gasteiger charge is -2.35. The predicted molar refractivity (Wildman–Crippen MR) is 122 cm³/mol. The number of fused-ring (bicyclic) bond motifs is 1. The van der Waals surface area contributed by atoms with Crippen molar-refractivity contribution in [2.24, 2.45) is 11.3 Å².